The lowest BCUT2D eigenvalue weighted by atomic mass is 10.2. The van der Waals surface area contributed by atoms with Crippen molar-refractivity contribution in [3.05, 3.63) is 63.6 Å². The molecule has 2 rings (SSSR count). The highest BCUT2D eigenvalue weighted by molar-refractivity contribution is 6.31. The monoisotopic (exact) mass is 359 g/mol. The van der Waals surface area contributed by atoms with Crippen LogP contribution in [0.2, 0.25) is 10.0 Å². The quantitative estimate of drug-likeness (QED) is 0.659. The number of benzene rings is 2. The molecule has 0 fully saturated rings. The SMILES string of the molecule is CCCNCc1cc(Cl)ccc1OCc1ccccc1Cl.Cl. The normalized spacial score (nSPS) is 10.1. The van der Waals surface area contributed by atoms with E-state index >= 15 is 0 Å². The Morgan fingerprint density at radius 1 is 1.05 bits per heavy atom. The Morgan fingerprint density at radius 3 is 2.55 bits per heavy atom. The highest BCUT2D eigenvalue weighted by atomic mass is 35.5. The third kappa shape index (κ3) is 5.69. The van der Waals surface area contributed by atoms with E-state index in [4.69, 9.17) is 27.9 Å². The Hall–Kier alpha value is -0.930. The summed E-state index contributed by atoms with van der Waals surface area (Å²) in [7, 11) is 0. The third-order valence-corrected chi connectivity index (χ3v) is 3.71. The summed E-state index contributed by atoms with van der Waals surface area (Å²) in [6.45, 7) is 4.30. The number of nitrogens with one attached hydrogen (secondary N) is 1. The van der Waals surface area contributed by atoms with Crippen LogP contribution in [0.25, 0.3) is 0 Å². The first-order valence-corrected chi connectivity index (χ1v) is 7.81. The lowest BCUT2D eigenvalue weighted by Crippen LogP contribution is -2.14. The van der Waals surface area contributed by atoms with E-state index < -0.39 is 0 Å². The molecule has 0 heterocycles. The van der Waals surface area contributed by atoms with Crippen molar-refractivity contribution in [3.63, 3.8) is 0 Å². The van der Waals surface area contributed by atoms with Crippen LogP contribution in [0.4, 0.5) is 0 Å². The van der Waals surface area contributed by atoms with Crippen molar-refractivity contribution >= 4 is 35.6 Å². The molecule has 120 valence electrons. The van der Waals surface area contributed by atoms with Crippen molar-refractivity contribution in [3.8, 4) is 5.75 Å². The Kier molecular flexibility index (Phi) is 8.66. The zero-order valence-corrected chi connectivity index (χ0v) is 14.8. The molecular weight excluding hydrogens is 341 g/mol. The molecule has 2 aromatic rings. The lowest BCUT2D eigenvalue weighted by Gasteiger charge is -2.13. The van der Waals surface area contributed by atoms with Gasteiger partial charge in [0.1, 0.15) is 12.4 Å². The van der Waals surface area contributed by atoms with Crippen LogP contribution < -0.4 is 10.1 Å². The average molecular weight is 361 g/mol. The van der Waals surface area contributed by atoms with Crippen LogP contribution in [-0.4, -0.2) is 6.54 Å². The molecule has 0 aliphatic carbocycles. The first kappa shape index (κ1) is 19.1. The molecule has 0 amide bonds. The van der Waals surface area contributed by atoms with E-state index in [9.17, 15) is 0 Å². The van der Waals surface area contributed by atoms with Crippen LogP contribution >= 0.6 is 35.6 Å². The second-order valence-corrected chi connectivity index (χ2v) is 5.65. The maximum Gasteiger partial charge on any atom is 0.124 e. The minimum atomic E-state index is 0. The zero-order chi connectivity index (χ0) is 15.1. The summed E-state index contributed by atoms with van der Waals surface area (Å²) in [4.78, 5) is 0. The Balaban J connectivity index is 0.00000242. The highest BCUT2D eigenvalue weighted by Crippen LogP contribution is 2.25. The standard InChI is InChI=1S/C17H19Cl2NO.ClH/c1-2-9-20-11-14-10-15(18)7-8-17(14)21-12-13-5-3-4-6-16(13)19;/h3-8,10,20H,2,9,11-12H2,1H3;1H. The molecule has 0 bridgehead atoms. The van der Waals surface area contributed by atoms with Crippen LogP contribution in [0.15, 0.2) is 42.5 Å². The number of hydrogen-bond donors (Lipinski definition) is 1. The van der Waals surface area contributed by atoms with Gasteiger partial charge in [-0.05, 0) is 37.2 Å². The van der Waals surface area contributed by atoms with Gasteiger partial charge in [-0.1, -0.05) is 48.3 Å². The molecular formula is C17H20Cl3NO. The molecule has 0 atom stereocenters. The molecule has 0 spiro atoms. The minimum Gasteiger partial charge on any atom is -0.489 e. The summed E-state index contributed by atoms with van der Waals surface area (Å²) in [5, 5.41) is 4.80. The fourth-order valence-corrected chi connectivity index (χ4v) is 2.38. The first-order valence-electron chi connectivity index (χ1n) is 7.06. The van der Waals surface area contributed by atoms with Gasteiger partial charge in [0.2, 0.25) is 0 Å². The smallest absolute Gasteiger partial charge is 0.124 e. The zero-order valence-electron chi connectivity index (χ0n) is 12.4. The van der Waals surface area contributed by atoms with Gasteiger partial charge >= 0.3 is 0 Å². The summed E-state index contributed by atoms with van der Waals surface area (Å²) in [5.74, 6) is 0.836. The average Bonchev–Trinajstić information content (AvgIpc) is 2.48. The Bertz CT molecular complexity index is 590. The highest BCUT2D eigenvalue weighted by Gasteiger charge is 2.06. The van der Waals surface area contributed by atoms with Gasteiger partial charge in [0.15, 0.2) is 0 Å². The van der Waals surface area contributed by atoms with Crippen LogP contribution in [-0.2, 0) is 13.2 Å². The maximum absolute atomic E-state index is 6.14. The summed E-state index contributed by atoms with van der Waals surface area (Å²) in [6.07, 6.45) is 1.09. The summed E-state index contributed by atoms with van der Waals surface area (Å²) < 4.78 is 5.91. The van der Waals surface area contributed by atoms with Crippen molar-refractivity contribution in [1.29, 1.82) is 0 Å². The molecule has 1 N–H and O–H groups in total. The molecule has 0 unspecified atom stereocenters. The van der Waals surface area contributed by atoms with Crippen molar-refractivity contribution < 1.29 is 4.74 Å². The third-order valence-electron chi connectivity index (χ3n) is 3.11. The van der Waals surface area contributed by atoms with Crippen LogP contribution in [0.1, 0.15) is 24.5 Å². The van der Waals surface area contributed by atoms with Gasteiger partial charge < -0.3 is 10.1 Å². The summed E-state index contributed by atoms with van der Waals surface area (Å²) in [5.41, 5.74) is 2.03. The van der Waals surface area contributed by atoms with Crippen molar-refractivity contribution in [2.45, 2.75) is 26.5 Å². The van der Waals surface area contributed by atoms with Crippen LogP contribution in [0.5, 0.6) is 5.75 Å². The van der Waals surface area contributed by atoms with E-state index in [1.165, 1.54) is 0 Å². The largest absolute Gasteiger partial charge is 0.489 e. The molecule has 0 aliphatic rings. The fourth-order valence-electron chi connectivity index (χ4n) is 2.00. The minimum absolute atomic E-state index is 0. The topological polar surface area (TPSA) is 21.3 Å². The number of ether oxygens (including phenoxy) is 1. The second kappa shape index (κ2) is 9.96. The summed E-state index contributed by atoms with van der Waals surface area (Å²) in [6, 6.07) is 13.4. The predicted molar refractivity (Wildman–Crippen MR) is 96.5 cm³/mol. The van der Waals surface area contributed by atoms with E-state index in [0.29, 0.717) is 11.6 Å². The van der Waals surface area contributed by atoms with Crippen molar-refractivity contribution in [2.75, 3.05) is 6.54 Å². The van der Waals surface area contributed by atoms with E-state index in [1.54, 1.807) is 0 Å². The molecule has 0 saturated heterocycles. The molecule has 5 heteroatoms. The van der Waals surface area contributed by atoms with Gasteiger partial charge in [-0.25, -0.2) is 0 Å². The Labute approximate surface area is 148 Å². The lowest BCUT2D eigenvalue weighted by molar-refractivity contribution is 0.302. The van der Waals surface area contributed by atoms with Gasteiger partial charge in [-0.15, -0.1) is 12.4 Å². The molecule has 0 aromatic heterocycles. The van der Waals surface area contributed by atoms with E-state index in [0.717, 1.165) is 41.4 Å². The molecule has 0 saturated carbocycles. The molecule has 0 radical (unpaired) electrons. The van der Waals surface area contributed by atoms with Gasteiger partial charge in [-0.3, -0.25) is 0 Å². The van der Waals surface area contributed by atoms with Crippen molar-refractivity contribution in [2.24, 2.45) is 0 Å². The van der Waals surface area contributed by atoms with Gasteiger partial charge in [-0.2, -0.15) is 0 Å². The van der Waals surface area contributed by atoms with Crippen LogP contribution in [0.3, 0.4) is 0 Å². The van der Waals surface area contributed by atoms with Crippen LogP contribution in [0, 0.1) is 0 Å². The number of rotatable bonds is 7. The second-order valence-electron chi connectivity index (χ2n) is 4.81. The molecule has 2 nitrogen and oxygen atoms in total. The van der Waals surface area contributed by atoms with Gasteiger partial charge in [0.25, 0.3) is 0 Å². The fraction of sp³-hybridized carbons (Fsp3) is 0.294. The Morgan fingerprint density at radius 2 is 1.82 bits per heavy atom. The molecule has 22 heavy (non-hydrogen) atoms. The van der Waals surface area contributed by atoms with E-state index in [1.807, 2.05) is 42.5 Å². The van der Waals surface area contributed by atoms with Crippen molar-refractivity contribution in [1.82, 2.24) is 5.32 Å². The number of hydrogen-bond acceptors (Lipinski definition) is 2. The number of halogens is 3. The molecule has 0 aliphatic heterocycles. The summed E-state index contributed by atoms with van der Waals surface area (Å²) >= 11 is 12.2. The maximum atomic E-state index is 6.14. The molecule has 2 aromatic carbocycles. The van der Waals surface area contributed by atoms with Gasteiger partial charge in [0.05, 0.1) is 0 Å². The van der Waals surface area contributed by atoms with Gasteiger partial charge in [0, 0.05) is 27.7 Å². The predicted octanol–water partition coefficient (Wildman–Crippen LogP) is 5.49. The van der Waals surface area contributed by atoms with E-state index in [2.05, 4.69) is 12.2 Å². The van der Waals surface area contributed by atoms with E-state index in [-0.39, 0.29) is 12.4 Å². The first-order chi connectivity index (χ1) is 10.2.